The Kier molecular flexibility index (Phi) is 2.61. The number of hydrogen-bond donors (Lipinski definition) is 1. The quantitative estimate of drug-likeness (QED) is 0.547. The zero-order valence-electron chi connectivity index (χ0n) is 10.5. The Morgan fingerprint density at radius 3 is 1.83 bits per heavy atom. The first kappa shape index (κ1) is 11.0. The minimum absolute atomic E-state index is 1.01. The highest BCUT2D eigenvalue weighted by atomic mass is 15.5. The molecule has 0 spiro atoms. The lowest BCUT2D eigenvalue weighted by molar-refractivity contribution is 0.497. The van der Waals surface area contributed by atoms with Crippen LogP contribution in [0.5, 0.6) is 0 Å². The van der Waals surface area contributed by atoms with Crippen LogP contribution < -0.4 is 5.43 Å². The number of hydrazine groups is 1. The predicted octanol–water partition coefficient (Wildman–Crippen LogP) is 3.28. The summed E-state index contributed by atoms with van der Waals surface area (Å²) in [6, 6.07) is 16.4. The number of anilines is 1. The molecule has 3 nitrogen and oxygen atoms in total. The highest BCUT2D eigenvalue weighted by Crippen LogP contribution is 2.30. The first-order valence-corrected chi connectivity index (χ1v) is 5.97. The summed E-state index contributed by atoms with van der Waals surface area (Å²) in [5, 5.41) is 4.24. The Hall–Kier alpha value is -2.13. The maximum atomic E-state index is 4.69. The summed E-state index contributed by atoms with van der Waals surface area (Å²) in [7, 11) is 3.98. The van der Waals surface area contributed by atoms with Crippen LogP contribution in [-0.4, -0.2) is 24.1 Å². The number of nitrogens with one attached hydrogen (secondary N) is 1. The summed E-state index contributed by atoms with van der Waals surface area (Å²) < 4.78 is 0. The highest BCUT2D eigenvalue weighted by Gasteiger charge is 2.08. The zero-order chi connectivity index (χ0) is 12.5. The maximum Gasteiger partial charge on any atom is 0.0731 e. The van der Waals surface area contributed by atoms with Crippen LogP contribution in [0.25, 0.3) is 21.8 Å². The van der Waals surface area contributed by atoms with Crippen molar-refractivity contribution >= 4 is 27.5 Å². The Labute approximate surface area is 106 Å². The van der Waals surface area contributed by atoms with Gasteiger partial charge < -0.3 is 5.43 Å². The third kappa shape index (κ3) is 1.79. The molecule has 0 aliphatic rings. The van der Waals surface area contributed by atoms with Crippen molar-refractivity contribution in [3.63, 3.8) is 0 Å². The van der Waals surface area contributed by atoms with Gasteiger partial charge in [-0.1, -0.05) is 36.4 Å². The number of pyridine rings is 1. The summed E-state index contributed by atoms with van der Waals surface area (Å²) in [6.07, 6.45) is 0. The number of para-hydroxylation sites is 2. The van der Waals surface area contributed by atoms with Gasteiger partial charge in [-0.3, -0.25) is 0 Å². The van der Waals surface area contributed by atoms with E-state index in [1.54, 1.807) is 0 Å². The molecule has 0 saturated carbocycles. The van der Waals surface area contributed by atoms with Gasteiger partial charge in [0.2, 0.25) is 0 Å². The maximum absolute atomic E-state index is 4.69. The van der Waals surface area contributed by atoms with Crippen LogP contribution in [0.1, 0.15) is 0 Å². The lowest BCUT2D eigenvalue weighted by Crippen LogP contribution is -2.20. The third-order valence-corrected chi connectivity index (χ3v) is 2.92. The van der Waals surface area contributed by atoms with Gasteiger partial charge in [0.1, 0.15) is 0 Å². The molecule has 3 aromatic rings. The summed E-state index contributed by atoms with van der Waals surface area (Å²) in [5.41, 5.74) is 6.53. The molecule has 0 fully saturated rings. The molecule has 1 heterocycles. The molecule has 90 valence electrons. The van der Waals surface area contributed by atoms with Crippen LogP contribution in [-0.2, 0) is 0 Å². The van der Waals surface area contributed by atoms with Crippen LogP contribution in [0, 0.1) is 0 Å². The fourth-order valence-corrected chi connectivity index (χ4v) is 2.18. The largest absolute Gasteiger partial charge is 0.318 e. The van der Waals surface area contributed by atoms with Crippen molar-refractivity contribution in [3.05, 3.63) is 48.5 Å². The van der Waals surface area contributed by atoms with Gasteiger partial charge in [0.15, 0.2) is 0 Å². The normalized spacial score (nSPS) is 11.3. The van der Waals surface area contributed by atoms with Crippen LogP contribution in [0.4, 0.5) is 5.69 Å². The van der Waals surface area contributed by atoms with Crippen molar-refractivity contribution in [1.29, 1.82) is 0 Å². The van der Waals surface area contributed by atoms with E-state index in [1.165, 1.54) is 0 Å². The molecule has 0 radical (unpaired) electrons. The van der Waals surface area contributed by atoms with E-state index in [2.05, 4.69) is 22.5 Å². The molecule has 1 aromatic heterocycles. The molecular formula is C15H15N3. The fraction of sp³-hybridized carbons (Fsp3) is 0.133. The molecule has 2 aromatic carbocycles. The first-order valence-electron chi connectivity index (χ1n) is 5.97. The molecule has 0 aliphatic heterocycles. The van der Waals surface area contributed by atoms with Crippen molar-refractivity contribution in [2.24, 2.45) is 0 Å². The van der Waals surface area contributed by atoms with Gasteiger partial charge in [-0.25, -0.2) is 9.99 Å². The summed E-state index contributed by atoms with van der Waals surface area (Å²) >= 11 is 0. The molecule has 0 amide bonds. The number of aromatic nitrogens is 1. The summed E-state index contributed by atoms with van der Waals surface area (Å²) in [4.78, 5) is 4.69. The predicted molar refractivity (Wildman–Crippen MR) is 76.6 cm³/mol. The molecule has 0 unspecified atom stereocenters. The Morgan fingerprint density at radius 2 is 1.33 bits per heavy atom. The molecular weight excluding hydrogens is 222 g/mol. The van der Waals surface area contributed by atoms with E-state index in [9.17, 15) is 0 Å². The van der Waals surface area contributed by atoms with Crippen LogP contribution >= 0.6 is 0 Å². The SMILES string of the molecule is CN(C)Nc1c2ccccc2nc2ccccc12. The minimum Gasteiger partial charge on any atom is -0.318 e. The van der Waals surface area contributed by atoms with Gasteiger partial charge >= 0.3 is 0 Å². The van der Waals surface area contributed by atoms with E-state index in [1.807, 2.05) is 55.5 Å². The molecule has 0 aliphatic carbocycles. The monoisotopic (exact) mass is 237 g/mol. The van der Waals surface area contributed by atoms with Crippen LogP contribution in [0.2, 0.25) is 0 Å². The van der Waals surface area contributed by atoms with E-state index >= 15 is 0 Å². The van der Waals surface area contributed by atoms with E-state index in [0.717, 1.165) is 27.5 Å². The number of hydrogen-bond acceptors (Lipinski definition) is 3. The van der Waals surface area contributed by atoms with Gasteiger partial charge in [-0.05, 0) is 12.1 Å². The number of benzene rings is 2. The van der Waals surface area contributed by atoms with Gasteiger partial charge in [0.25, 0.3) is 0 Å². The number of nitrogens with zero attached hydrogens (tertiary/aromatic N) is 2. The van der Waals surface area contributed by atoms with Crippen LogP contribution in [0.15, 0.2) is 48.5 Å². The molecule has 1 N–H and O–H groups in total. The molecule has 18 heavy (non-hydrogen) atoms. The summed E-state index contributed by atoms with van der Waals surface area (Å²) in [5.74, 6) is 0. The van der Waals surface area contributed by atoms with Gasteiger partial charge in [-0.15, -0.1) is 0 Å². The Bertz CT molecular complexity index is 650. The second-order valence-corrected chi connectivity index (χ2v) is 4.53. The van der Waals surface area contributed by atoms with Gasteiger partial charge in [0, 0.05) is 24.9 Å². The molecule has 3 heteroatoms. The molecule has 0 saturated heterocycles. The third-order valence-electron chi connectivity index (χ3n) is 2.92. The second kappa shape index (κ2) is 4.27. The highest BCUT2D eigenvalue weighted by molar-refractivity contribution is 6.07. The van der Waals surface area contributed by atoms with Gasteiger partial charge in [0.05, 0.1) is 16.7 Å². The average molecular weight is 237 g/mol. The van der Waals surface area contributed by atoms with E-state index in [4.69, 9.17) is 0 Å². The van der Waals surface area contributed by atoms with E-state index < -0.39 is 0 Å². The van der Waals surface area contributed by atoms with E-state index in [0.29, 0.717) is 0 Å². The Morgan fingerprint density at radius 1 is 0.833 bits per heavy atom. The van der Waals surface area contributed by atoms with E-state index in [-0.39, 0.29) is 0 Å². The van der Waals surface area contributed by atoms with Crippen molar-refractivity contribution in [2.75, 3.05) is 19.5 Å². The molecule has 0 atom stereocenters. The fourth-order valence-electron chi connectivity index (χ4n) is 2.18. The zero-order valence-corrected chi connectivity index (χ0v) is 10.5. The topological polar surface area (TPSA) is 28.2 Å². The van der Waals surface area contributed by atoms with Crippen molar-refractivity contribution in [1.82, 2.24) is 9.99 Å². The lowest BCUT2D eigenvalue weighted by Gasteiger charge is -2.17. The lowest BCUT2D eigenvalue weighted by atomic mass is 10.1. The minimum atomic E-state index is 1.01. The second-order valence-electron chi connectivity index (χ2n) is 4.53. The van der Waals surface area contributed by atoms with Gasteiger partial charge in [-0.2, -0.15) is 0 Å². The van der Waals surface area contributed by atoms with Crippen molar-refractivity contribution in [3.8, 4) is 0 Å². The molecule has 0 bridgehead atoms. The molecule has 3 rings (SSSR count). The number of rotatable bonds is 2. The smallest absolute Gasteiger partial charge is 0.0731 e. The van der Waals surface area contributed by atoms with Crippen molar-refractivity contribution in [2.45, 2.75) is 0 Å². The number of fused-ring (bicyclic) bond motifs is 2. The average Bonchev–Trinajstić information content (AvgIpc) is 2.38. The standard InChI is InChI=1S/C15H15N3/c1-18(2)17-15-11-7-3-5-9-13(11)16-14-10-6-4-8-12(14)15/h3-10H,1-2H3,(H,16,17). The van der Waals surface area contributed by atoms with Crippen LogP contribution in [0.3, 0.4) is 0 Å². The Balaban J connectivity index is 2.41. The first-order chi connectivity index (χ1) is 8.75. The van der Waals surface area contributed by atoms with Crippen molar-refractivity contribution < 1.29 is 0 Å². The summed E-state index contributed by atoms with van der Waals surface area (Å²) in [6.45, 7) is 0.